The number of carbonyl (C=O) groups excluding carboxylic acids is 2. The molecule has 2 aliphatic rings. The largest absolute Gasteiger partial charge is 0.338 e. The van der Waals surface area contributed by atoms with Crippen molar-refractivity contribution < 1.29 is 9.59 Å². The van der Waals surface area contributed by atoms with E-state index in [0.717, 1.165) is 50.3 Å². The summed E-state index contributed by atoms with van der Waals surface area (Å²) in [5.74, 6) is 0.330. The second-order valence-corrected chi connectivity index (χ2v) is 5.66. The first-order valence-electron chi connectivity index (χ1n) is 7.61. The summed E-state index contributed by atoms with van der Waals surface area (Å²) in [6.45, 7) is 4.76. The normalized spacial score (nSPS) is 19.1. The van der Waals surface area contributed by atoms with Gasteiger partial charge in [-0.25, -0.2) is 0 Å². The molecule has 0 aromatic heterocycles. The first-order chi connectivity index (χ1) is 10.2. The van der Waals surface area contributed by atoms with Gasteiger partial charge in [-0.1, -0.05) is 12.1 Å². The summed E-state index contributed by atoms with van der Waals surface area (Å²) in [7, 11) is 0. The van der Waals surface area contributed by atoms with Gasteiger partial charge in [0.2, 0.25) is 5.91 Å². The maximum atomic E-state index is 12.3. The first-order valence-corrected chi connectivity index (χ1v) is 7.61. The van der Waals surface area contributed by atoms with Gasteiger partial charge in [0.15, 0.2) is 0 Å². The van der Waals surface area contributed by atoms with Crippen LogP contribution < -0.4 is 5.32 Å². The Kier molecular flexibility index (Phi) is 4.20. The van der Waals surface area contributed by atoms with Crippen LogP contribution in [-0.4, -0.2) is 54.3 Å². The van der Waals surface area contributed by atoms with Crippen LogP contribution in [0.3, 0.4) is 0 Å². The fraction of sp³-hybridized carbons (Fsp3) is 0.500. The van der Waals surface area contributed by atoms with Crippen LogP contribution >= 0.6 is 0 Å². The van der Waals surface area contributed by atoms with Crippen molar-refractivity contribution in [3.8, 4) is 0 Å². The van der Waals surface area contributed by atoms with E-state index in [9.17, 15) is 9.59 Å². The molecule has 2 fully saturated rings. The highest BCUT2D eigenvalue weighted by molar-refractivity contribution is 5.94. The molecule has 1 aromatic carbocycles. The van der Waals surface area contributed by atoms with Gasteiger partial charge < -0.3 is 15.1 Å². The molecule has 0 saturated carbocycles. The van der Waals surface area contributed by atoms with E-state index in [-0.39, 0.29) is 11.8 Å². The minimum Gasteiger partial charge on any atom is -0.338 e. The Labute approximate surface area is 124 Å². The standard InChI is InChI=1S/C16H21N3O2/c20-15-2-1-9-19(15)12-13-3-5-14(6-4-13)16(21)18-10-7-17-8-11-18/h3-6,17H,1-2,7-12H2. The summed E-state index contributed by atoms with van der Waals surface area (Å²) in [6, 6.07) is 7.67. The van der Waals surface area contributed by atoms with Crippen molar-refractivity contribution in [2.45, 2.75) is 19.4 Å². The van der Waals surface area contributed by atoms with Gasteiger partial charge in [-0.3, -0.25) is 9.59 Å². The molecule has 0 radical (unpaired) electrons. The highest BCUT2D eigenvalue weighted by Gasteiger charge is 2.21. The maximum absolute atomic E-state index is 12.3. The number of amides is 2. The third-order valence-corrected chi connectivity index (χ3v) is 4.15. The van der Waals surface area contributed by atoms with E-state index in [1.54, 1.807) is 0 Å². The summed E-state index contributed by atoms with van der Waals surface area (Å²) >= 11 is 0. The molecule has 2 heterocycles. The topological polar surface area (TPSA) is 52.7 Å². The Morgan fingerprint density at radius 3 is 2.43 bits per heavy atom. The van der Waals surface area contributed by atoms with Crippen molar-refractivity contribution >= 4 is 11.8 Å². The van der Waals surface area contributed by atoms with Crippen LogP contribution in [0.2, 0.25) is 0 Å². The van der Waals surface area contributed by atoms with Crippen LogP contribution in [0.4, 0.5) is 0 Å². The highest BCUT2D eigenvalue weighted by atomic mass is 16.2. The minimum atomic E-state index is 0.0975. The Bertz CT molecular complexity index is 521. The third-order valence-electron chi connectivity index (χ3n) is 4.15. The maximum Gasteiger partial charge on any atom is 0.253 e. The summed E-state index contributed by atoms with van der Waals surface area (Å²) in [4.78, 5) is 27.7. The van der Waals surface area contributed by atoms with Crippen molar-refractivity contribution in [2.24, 2.45) is 0 Å². The van der Waals surface area contributed by atoms with E-state index in [0.29, 0.717) is 13.0 Å². The Morgan fingerprint density at radius 2 is 1.81 bits per heavy atom. The average Bonchev–Trinajstić information content (AvgIpc) is 2.93. The number of benzene rings is 1. The van der Waals surface area contributed by atoms with Crippen molar-refractivity contribution in [2.75, 3.05) is 32.7 Å². The van der Waals surface area contributed by atoms with Crippen molar-refractivity contribution in [3.05, 3.63) is 35.4 Å². The van der Waals surface area contributed by atoms with Crippen molar-refractivity contribution in [3.63, 3.8) is 0 Å². The van der Waals surface area contributed by atoms with E-state index < -0.39 is 0 Å². The Morgan fingerprint density at radius 1 is 1.10 bits per heavy atom. The van der Waals surface area contributed by atoms with Gasteiger partial charge in [0.05, 0.1) is 0 Å². The average molecular weight is 287 g/mol. The van der Waals surface area contributed by atoms with Gasteiger partial charge in [0, 0.05) is 51.3 Å². The van der Waals surface area contributed by atoms with Gasteiger partial charge >= 0.3 is 0 Å². The molecular weight excluding hydrogens is 266 g/mol. The number of likely N-dealkylation sites (tertiary alicyclic amines) is 1. The predicted molar refractivity (Wildman–Crippen MR) is 79.9 cm³/mol. The quantitative estimate of drug-likeness (QED) is 0.897. The highest BCUT2D eigenvalue weighted by Crippen LogP contribution is 2.15. The molecule has 2 saturated heterocycles. The van der Waals surface area contributed by atoms with Gasteiger partial charge in [0.25, 0.3) is 5.91 Å². The van der Waals surface area contributed by atoms with E-state index in [2.05, 4.69) is 5.32 Å². The minimum absolute atomic E-state index is 0.0975. The van der Waals surface area contributed by atoms with Gasteiger partial charge in [0.1, 0.15) is 0 Å². The summed E-state index contributed by atoms with van der Waals surface area (Å²) in [5.41, 5.74) is 1.82. The number of piperazine rings is 1. The molecule has 1 N–H and O–H groups in total. The molecule has 0 aliphatic carbocycles. The zero-order valence-corrected chi connectivity index (χ0v) is 12.2. The van der Waals surface area contributed by atoms with Crippen molar-refractivity contribution in [1.82, 2.24) is 15.1 Å². The van der Waals surface area contributed by atoms with Crippen LogP contribution in [-0.2, 0) is 11.3 Å². The second kappa shape index (κ2) is 6.26. The zero-order valence-electron chi connectivity index (χ0n) is 12.2. The summed E-state index contributed by atoms with van der Waals surface area (Å²) in [5, 5.41) is 3.24. The fourth-order valence-electron chi connectivity index (χ4n) is 2.89. The fourth-order valence-corrected chi connectivity index (χ4v) is 2.89. The molecule has 0 bridgehead atoms. The number of hydrogen-bond donors (Lipinski definition) is 1. The Balaban J connectivity index is 1.63. The molecule has 5 nitrogen and oxygen atoms in total. The lowest BCUT2D eigenvalue weighted by Crippen LogP contribution is -2.46. The molecule has 2 amide bonds. The molecule has 5 heteroatoms. The van der Waals surface area contributed by atoms with Crippen LogP contribution in [0.5, 0.6) is 0 Å². The van der Waals surface area contributed by atoms with E-state index >= 15 is 0 Å². The van der Waals surface area contributed by atoms with Crippen LogP contribution in [0, 0.1) is 0 Å². The van der Waals surface area contributed by atoms with E-state index in [1.165, 1.54) is 0 Å². The number of carbonyl (C=O) groups is 2. The van der Waals surface area contributed by atoms with Crippen molar-refractivity contribution in [1.29, 1.82) is 0 Å². The number of hydrogen-bond acceptors (Lipinski definition) is 3. The van der Waals surface area contributed by atoms with E-state index in [4.69, 9.17) is 0 Å². The first kappa shape index (κ1) is 14.1. The predicted octanol–water partition coefficient (Wildman–Crippen LogP) is 0.854. The summed E-state index contributed by atoms with van der Waals surface area (Å²) in [6.07, 6.45) is 1.62. The molecule has 0 unspecified atom stereocenters. The van der Waals surface area contributed by atoms with Gasteiger partial charge in [-0.2, -0.15) is 0 Å². The number of nitrogens with one attached hydrogen (secondary N) is 1. The van der Waals surface area contributed by atoms with Crippen LogP contribution in [0.15, 0.2) is 24.3 Å². The lowest BCUT2D eigenvalue weighted by atomic mass is 10.1. The second-order valence-electron chi connectivity index (χ2n) is 5.66. The molecule has 2 aliphatic heterocycles. The third kappa shape index (κ3) is 3.24. The smallest absolute Gasteiger partial charge is 0.253 e. The number of rotatable bonds is 3. The number of nitrogens with zero attached hydrogens (tertiary/aromatic N) is 2. The molecule has 3 rings (SSSR count). The zero-order chi connectivity index (χ0) is 14.7. The lowest BCUT2D eigenvalue weighted by molar-refractivity contribution is -0.128. The Hall–Kier alpha value is -1.88. The van der Waals surface area contributed by atoms with Crippen LogP contribution in [0.1, 0.15) is 28.8 Å². The molecule has 112 valence electrons. The molecule has 1 aromatic rings. The van der Waals surface area contributed by atoms with Gasteiger partial charge in [-0.05, 0) is 24.1 Å². The molecule has 0 spiro atoms. The van der Waals surface area contributed by atoms with Gasteiger partial charge in [-0.15, -0.1) is 0 Å². The molecular formula is C16H21N3O2. The molecule has 21 heavy (non-hydrogen) atoms. The molecule has 0 atom stereocenters. The SMILES string of the molecule is O=C1CCCN1Cc1ccc(C(=O)N2CCNCC2)cc1. The summed E-state index contributed by atoms with van der Waals surface area (Å²) < 4.78 is 0. The monoisotopic (exact) mass is 287 g/mol. The lowest BCUT2D eigenvalue weighted by Gasteiger charge is -2.27. The van der Waals surface area contributed by atoms with E-state index in [1.807, 2.05) is 34.1 Å². The van der Waals surface area contributed by atoms with Crippen LogP contribution in [0.25, 0.3) is 0 Å².